The number of oxime groups is 1. The zero-order chi connectivity index (χ0) is 21.4. The van der Waals surface area contributed by atoms with Crippen LogP contribution in [0.3, 0.4) is 0 Å². The first-order valence-electron chi connectivity index (χ1n) is 10.1. The third-order valence-corrected chi connectivity index (χ3v) is 7.38. The van der Waals surface area contributed by atoms with Gasteiger partial charge in [0.05, 0.1) is 28.2 Å². The highest BCUT2D eigenvalue weighted by atomic mass is 35.5. The van der Waals surface area contributed by atoms with Crippen LogP contribution in [0.4, 0.5) is 11.4 Å². The lowest BCUT2D eigenvalue weighted by molar-refractivity contribution is -0.384. The van der Waals surface area contributed by atoms with Crippen LogP contribution < -0.4 is 4.90 Å². The number of halogens is 1. The van der Waals surface area contributed by atoms with E-state index in [1.54, 1.807) is 36.4 Å². The SMILES string of the molecule is O=C1[C@@H]2[C@H]3C[C@@H]([C@@H]4C(c5cccc([N+](=O)[O-])c5)=NO[C@H]34)[C@@H]2C(=O)N1c1ccc(Cl)cc1. The number of amides is 2. The zero-order valence-corrected chi connectivity index (χ0v) is 16.8. The van der Waals surface area contributed by atoms with E-state index in [2.05, 4.69) is 5.16 Å². The van der Waals surface area contributed by atoms with Gasteiger partial charge in [0.25, 0.3) is 5.69 Å². The van der Waals surface area contributed by atoms with E-state index >= 15 is 0 Å². The van der Waals surface area contributed by atoms with E-state index in [1.165, 1.54) is 17.0 Å². The molecular formula is C22H16ClN3O5. The lowest BCUT2D eigenvalue weighted by atomic mass is 9.71. The Bertz CT molecular complexity index is 1180. The summed E-state index contributed by atoms with van der Waals surface area (Å²) in [4.78, 5) is 44.3. The second-order valence-corrected chi connectivity index (χ2v) is 8.92. The second-order valence-electron chi connectivity index (χ2n) is 8.48. The van der Waals surface area contributed by atoms with Crippen molar-refractivity contribution in [1.82, 2.24) is 0 Å². The monoisotopic (exact) mass is 437 g/mol. The number of nitrogens with zero attached hydrogens (tertiary/aromatic N) is 3. The molecule has 1 saturated heterocycles. The van der Waals surface area contributed by atoms with Gasteiger partial charge in [0, 0.05) is 34.6 Å². The van der Waals surface area contributed by atoms with Crippen LogP contribution in [0.2, 0.25) is 5.02 Å². The summed E-state index contributed by atoms with van der Waals surface area (Å²) in [6.45, 7) is 0. The standard InChI is InChI=1S/C22H16ClN3O5/c23-11-4-6-12(7-5-11)25-21(27)16-14-9-15(17(16)22(25)28)20-18(14)19(24-31-20)10-2-1-3-13(8-10)26(29)30/h1-8,14-18,20H,9H2/t14-,15-,16+,17-,18-,20-/m1/s1. The van der Waals surface area contributed by atoms with Gasteiger partial charge in [0.15, 0.2) is 0 Å². The minimum atomic E-state index is -0.447. The number of carbonyl (C=O) groups is 2. The van der Waals surface area contributed by atoms with E-state index in [4.69, 9.17) is 16.4 Å². The van der Waals surface area contributed by atoms with Crippen LogP contribution in [0.15, 0.2) is 53.7 Å². The number of hydrogen-bond acceptors (Lipinski definition) is 6. The Morgan fingerprint density at radius 2 is 1.74 bits per heavy atom. The first kappa shape index (κ1) is 18.5. The molecule has 2 saturated carbocycles. The first-order valence-corrected chi connectivity index (χ1v) is 10.5. The fourth-order valence-electron chi connectivity index (χ4n) is 5.99. The summed E-state index contributed by atoms with van der Waals surface area (Å²) in [5, 5.41) is 16.0. The van der Waals surface area contributed by atoms with Crippen molar-refractivity contribution in [3.63, 3.8) is 0 Å². The largest absolute Gasteiger partial charge is 0.391 e. The van der Waals surface area contributed by atoms with Gasteiger partial charge in [-0.25, -0.2) is 0 Å². The molecule has 6 rings (SSSR count). The predicted octanol–water partition coefficient (Wildman–Crippen LogP) is 3.42. The molecule has 2 aliphatic carbocycles. The lowest BCUT2D eigenvalue weighted by Gasteiger charge is -2.29. The molecule has 31 heavy (non-hydrogen) atoms. The minimum absolute atomic E-state index is 0.0225. The van der Waals surface area contributed by atoms with Gasteiger partial charge < -0.3 is 4.84 Å². The summed E-state index contributed by atoms with van der Waals surface area (Å²) in [7, 11) is 0. The van der Waals surface area contributed by atoms with Crippen molar-refractivity contribution in [3.8, 4) is 0 Å². The number of benzene rings is 2. The van der Waals surface area contributed by atoms with Gasteiger partial charge in [-0.2, -0.15) is 0 Å². The molecule has 8 nitrogen and oxygen atoms in total. The molecule has 2 amide bonds. The van der Waals surface area contributed by atoms with Crippen LogP contribution in [0.5, 0.6) is 0 Å². The van der Waals surface area contributed by atoms with Crippen LogP contribution in [-0.2, 0) is 14.4 Å². The number of nitro groups is 1. The van der Waals surface area contributed by atoms with Crippen molar-refractivity contribution in [2.45, 2.75) is 12.5 Å². The summed E-state index contributed by atoms with van der Waals surface area (Å²) in [5.74, 6) is -1.60. The molecule has 0 radical (unpaired) electrons. The second kappa shape index (κ2) is 6.37. The average molecular weight is 438 g/mol. The van der Waals surface area contributed by atoms with Crippen molar-refractivity contribution in [3.05, 3.63) is 69.2 Å². The molecule has 2 aromatic carbocycles. The highest BCUT2D eigenvalue weighted by molar-refractivity contribution is 6.31. The topological polar surface area (TPSA) is 102 Å². The van der Waals surface area contributed by atoms with Gasteiger partial charge >= 0.3 is 0 Å². The zero-order valence-electron chi connectivity index (χ0n) is 16.1. The van der Waals surface area contributed by atoms with E-state index in [1.807, 2.05) is 0 Å². The molecular weight excluding hydrogens is 422 g/mol. The molecule has 0 aromatic heterocycles. The normalized spacial score (nSPS) is 32.7. The van der Waals surface area contributed by atoms with Crippen molar-refractivity contribution >= 4 is 40.5 Å². The highest BCUT2D eigenvalue weighted by Gasteiger charge is 2.70. The van der Waals surface area contributed by atoms with E-state index in [0.717, 1.165) is 0 Å². The molecule has 0 unspecified atom stereocenters. The molecule has 2 bridgehead atoms. The van der Waals surface area contributed by atoms with Gasteiger partial charge in [-0.3, -0.25) is 24.6 Å². The van der Waals surface area contributed by atoms with E-state index < -0.39 is 16.8 Å². The summed E-state index contributed by atoms with van der Waals surface area (Å²) < 4.78 is 0. The number of nitro benzene ring substituents is 1. The van der Waals surface area contributed by atoms with E-state index in [9.17, 15) is 19.7 Å². The maximum atomic E-state index is 13.3. The lowest BCUT2D eigenvalue weighted by Crippen LogP contribution is -2.41. The number of rotatable bonds is 3. The van der Waals surface area contributed by atoms with Crippen molar-refractivity contribution in [1.29, 1.82) is 0 Å². The maximum Gasteiger partial charge on any atom is 0.270 e. The average Bonchev–Trinajstić information content (AvgIpc) is 3.49. The third kappa shape index (κ3) is 2.45. The van der Waals surface area contributed by atoms with Gasteiger partial charge in [-0.05, 0) is 36.6 Å². The van der Waals surface area contributed by atoms with Crippen LogP contribution in [0.1, 0.15) is 12.0 Å². The highest BCUT2D eigenvalue weighted by Crippen LogP contribution is 2.62. The van der Waals surface area contributed by atoms with E-state index in [0.29, 0.717) is 28.4 Å². The fraction of sp³-hybridized carbons (Fsp3) is 0.318. The Kier molecular flexibility index (Phi) is 3.80. The summed E-state index contributed by atoms with van der Waals surface area (Å²) in [5.41, 5.74) is 1.75. The Hall–Kier alpha value is -3.26. The number of anilines is 1. The molecule has 0 spiro atoms. The van der Waals surface area contributed by atoms with E-state index in [-0.39, 0.29) is 41.4 Å². The van der Waals surface area contributed by atoms with Crippen molar-refractivity contribution in [2.75, 3.05) is 4.90 Å². The summed E-state index contributed by atoms with van der Waals surface area (Å²) in [6, 6.07) is 13.0. The van der Waals surface area contributed by atoms with Crippen LogP contribution in [0.25, 0.3) is 0 Å². The van der Waals surface area contributed by atoms with Gasteiger partial charge in [-0.15, -0.1) is 0 Å². The number of imide groups is 1. The number of fused-ring (bicyclic) bond motifs is 8. The molecule has 0 N–H and O–H groups in total. The Morgan fingerprint density at radius 3 is 2.45 bits per heavy atom. The fourth-order valence-corrected chi connectivity index (χ4v) is 6.11. The number of carbonyl (C=O) groups excluding carboxylic acids is 2. The number of hydrogen-bond donors (Lipinski definition) is 0. The smallest absolute Gasteiger partial charge is 0.270 e. The molecule has 2 heterocycles. The molecule has 156 valence electrons. The van der Waals surface area contributed by atoms with Gasteiger partial charge in [-0.1, -0.05) is 28.9 Å². The Balaban J connectivity index is 1.34. The van der Waals surface area contributed by atoms with Crippen LogP contribution in [0, 0.1) is 39.7 Å². The molecule has 2 aromatic rings. The minimum Gasteiger partial charge on any atom is -0.391 e. The first-order chi connectivity index (χ1) is 15.0. The Labute approximate surface area is 181 Å². The third-order valence-electron chi connectivity index (χ3n) is 7.13. The van der Waals surface area contributed by atoms with Gasteiger partial charge in [0.1, 0.15) is 6.10 Å². The van der Waals surface area contributed by atoms with Crippen molar-refractivity contribution < 1.29 is 19.3 Å². The quantitative estimate of drug-likeness (QED) is 0.416. The van der Waals surface area contributed by atoms with Crippen molar-refractivity contribution in [2.24, 2.45) is 34.7 Å². The molecule has 9 heteroatoms. The summed E-state index contributed by atoms with van der Waals surface area (Å²) in [6.07, 6.45) is 0.423. The molecule has 2 aliphatic heterocycles. The number of non-ortho nitro benzene ring substituents is 1. The maximum absolute atomic E-state index is 13.3. The molecule has 6 atom stereocenters. The van der Waals surface area contributed by atoms with Gasteiger partial charge in [0.2, 0.25) is 11.8 Å². The molecule has 3 fully saturated rings. The van der Waals surface area contributed by atoms with Crippen LogP contribution >= 0.6 is 11.6 Å². The Morgan fingerprint density at radius 1 is 1.03 bits per heavy atom. The summed E-state index contributed by atoms with van der Waals surface area (Å²) >= 11 is 5.95. The van der Waals surface area contributed by atoms with Crippen LogP contribution in [-0.4, -0.2) is 28.6 Å². The predicted molar refractivity (Wildman–Crippen MR) is 111 cm³/mol. The molecule has 4 aliphatic rings.